The molecule has 1 saturated heterocycles. The maximum Gasteiger partial charge on any atom is 0.257 e. The predicted octanol–water partition coefficient (Wildman–Crippen LogP) is 3.40. The van der Waals surface area contributed by atoms with Gasteiger partial charge in [-0.05, 0) is 19.1 Å². The van der Waals surface area contributed by atoms with E-state index in [2.05, 4.69) is 0 Å². The van der Waals surface area contributed by atoms with Gasteiger partial charge in [-0.25, -0.2) is 4.68 Å². The summed E-state index contributed by atoms with van der Waals surface area (Å²) in [7, 11) is 0. The minimum atomic E-state index is 0.00110. The second-order valence-electron chi connectivity index (χ2n) is 6.47. The zero-order valence-electron chi connectivity index (χ0n) is 14.7. The third-order valence-corrected chi connectivity index (χ3v) is 4.54. The Balaban J connectivity index is 1.77. The van der Waals surface area contributed by atoms with Gasteiger partial charge in [0.15, 0.2) is 0 Å². The molecule has 1 fully saturated rings. The van der Waals surface area contributed by atoms with Crippen LogP contribution < -0.4 is 0 Å². The number of hydrogen-bond donors (Lipinski definition) is 0. The van der Waals surface area contributed by atoms with E-state index in [1.807, 2.05) is 78.7 Å². The molecule has 132 valence electrons. The summed E-state index contributed by atoms with van der Waals surface area (Å²) in [6.45, 7) is 3.77. The van der Waals surface area contributed by atoms with Gasteiger partial charge in [0.25, 0.3) is 5.91 Å². The molecular formula is C21H21N3O2. The average Bonchev–Trinajstić information content (AvgIpc) is 3.14. The van der Waals surface area contributed by atoms with E-state index in [1.54, 1.807) is 4.68 Å². The van der Waals surface area contributed by atoms with Crippen LogP contribution in [-0.2, 0) is 4.74 Å². The van der Waals surface area contributed by atoms with Gasteiger partial charge >= 0.3 is 0 Å². The van der Waals surface area contributed by atoms with E-state index < -0.39 is 0 Å². The Hall–Kier alpha value is -2.92. The largest absolute Gasteiger partial charge is 0.375 e. The molecule has 0 N–H and O–H groups in total. The molecule has 2 aromatic carbocycles. The normalized spacial score (nSPS) is 17.3. The molecule has 0 bridgehead atoms. The van der Waals surface area contributed by atoms with Crippen molar-refractivity contribution in [2.75, 3.05) is 19.7 Å². The predicted molar refractivity (Wildman–Crippen MR) is 100 cm³/mol. The third-order valence-electron chi connectivity index (χ3n) is 4.54. The van der Waals surface area contributed by atoms with Crippen molar-refractivity contribution in [3.05, 3.63) is 72.4 Å². The Morgan fingerprint density at radius 3 is 2.46 bits per heavy atom. The van der Waals surface area contributed by atoms with Gasteiger partial charge in [0.1, 0.15) is 5.69 Å². The van der Waals surface area contributed by atoms with Crippen molar-refractivity contribution in [1.29, 1.82) is 0 Å². The topological polar surface area (TPSA) is 47.4 Å². The smallest absolute Gasteiger partial charge is 0.257 e. The molecule has 4 rings (SSSR count). The number of carbonyl (C=O) groups excluding carboxylic acids is 1. The zero-order chi connectivity index (χ0) is 17.9. The maximum absolute atomic E-state index is 13.2. The van der Waals surface area contributed by atoms with Crippen LogP contribution in [0, 0.1) is 0 Å². The number of benzene rings is 2. The second kappa shape index (κ2) is 7.14. The van der Waals surface area contributed by atoms with Gasteiger partial charge in [-0.15, -0.1) is 0 Å². The summed E-state index contributed by atoms with van der Waals surface area (Å²) in [6, 6.07) is 19.7. The molecule has 26 heavy (non-hydrogen) atoms. The summed E-state index contributed by atoms with van der Waals surface area (Å²) in [5.41, 5.74) is 3.19. The van der Waals surface area contributed by atoms with Crippen LogP contribution in [0.25, 0.3) is 16.9 Å². The minimum absolute atomic E-state index is 0.00110. The molecule has 0 radical (unpaired) electrons. The average molecular weight is 347 g/mol. The van der Waals surface area contributed by atoms with E-state index in [9.17, 15) is 4.79 Å². The lowest BCUT2D eigenvalue weighted by Crippen LogP contribution is -2.44. The number of morpholine rings is 1. The van der Waals surface area contributed by atoms with Crippen LogP contribution in [0.1, 0.15) is 17.3 Å². The van der Waals surface area contributed by atoms with Crippen molar-refractivity contribution in [3.63, 3.8) is 0 Å². The number of amides is 1. The number of hydrogen-bond acceptors (Lipinski definition) is 3. The van der Waals surface area contributed by atoms with Gasteiger partial charge in [-0.2, -0.15) is 5.10 Å². The maximum atomic E-state index is 13.2. The number of aromatic nitrogens is 2. The monoisotopic (exact) mass is 347 g/mol. The highest BCUT2D eigenvalue weighted by Crippen LogP contribution is 2.25. The van der Waals surface area contributed by atoms with Crippen LogP contribution in [0.2, 0.25) is 0 Å². The van der Waals surface area contributed by atoms with Crippen molar-refractivity contribution in [3.8, 4) is 16.9 Å². The van der Waals surface area contributed by atoms with Crippen molar-refractivity contribution >= 4 is 5.91 Å². The molecule has 5 heteroatoms. The van der Waals surface area contributed by atoms with Gasteiger partial charge in [-0.3, -0.25) is 4.79 Å². The number of para-hydroxylation sites is 1. The Morgan fingerprint density at radius 2 is 1.77 bits per heavy atom. The molecule has 1 aliphatic rings. The summed E-state index contributed by atoms with van der Waals surface area (Å²) in [5, 5.41) is 4.72. The van der Waals surface area contributed by atoms with E-state index in [4.69, 9.17) is 9.84 Å². The fraction of sp³-hybridized carbons (Fsp3) is 0.238. The standard InChI is InChI=1S/C21H21N3O2/c1-16-14-23(12-13-26-16)21(25)19-15-24(18-10-6-3-7-11-18)22-20(19)17-8-4-2-5-9-17/h2-11,15-16H,12-14H2,1H3. The van der Waals surface area contributed by atoms with Crippen molar-refractivity contribution in [2.24, 2.45) is 0 Å². The SMILES string of the molecule is CC1CN(C(=O)c2cn(-c3ccccc3)nc2-c2ccccc2)CCO1. The molecule has 2 heterocycles. The van der Waals surface area contributed by atoms with Gasteiger partial charge < -0.3 is 9.64 Å². The minimum Gasteiger partial charge on any atom is -0.375 e. The molecule has 1 aromatic heterocycles. The lowest BCUT2D eigenvalue weighted by Gasteiger charge is -2.31. The van der Waals surface area contributed by atoms with Gasteiger partial charge in [-0.1, -0.05) is 48.5 Å². The van der Waals surface area contributed by atoms with E-state index in [1.165, 1.54) is 0 Å². The highest BCUT2D eigenvalue weighted by molar-refractivity contribution is 6.00. The van der Waals surface area contributed by atoms with Crippen LogP contribution in [0.4, 0.5) is 0 Å². The van der Waals surface area contributed by atoms with Crippen molar-refractivity contribution < 1.29 is 9.53 Å². The highest BCUT2D eigenvalue weighted by atomic mass is 16.5. The zero-order valence-corrected chi connectivity index (χ0v) is 14.7. The quantitative estimate of drug-likeness (QED) is 0.729. The third kappa shape index (κ3) is 3.26. The van der Waals surface area contributed by atoms with Crippen LogP contribution >= 0.6 is 0 Å². The van der Waals surface area contributed by atoms with E-state index in [-0.39, 0.29) is 12.0 Å². The first-order valence-corrected chi connectivity index (χ1v) is 8.84. The van der Waals surface area contributed by atoms with Crippen LogP contribution in [0.5, 0.6) is 0 Å². The number of rotatable bonds is 3. The van der Waals surface area contributed by atoms with E-state index in [0.29, 0.717) is 31.0 Å². The first-order valence-electron chi connectivity index (χ1n) is 8.84. The molecular weight excluding hydrogens is 326 g/mol. The van der Waals surface area contributed by atoms with Crippen LogP contribution in [0.15, 0.2) is 66.9 Å². The van der Waals surface area contributed by atoms with Crippen molar-refractivity contribution in [1.82, 2.24) is 14.7 Å². The molecule has 0 spiro atoms. The molecule has 0 saturated carbocycles. The molecule has 1 unspecified atom stereocenters. The molecule has 3 aromatic rings. The van der Waals surface area contributed by atoms with Crippen LogP contribution in [0.3, 0.4) is 0 Å². The highest BCUT2D eigenvalue weighted by Gasteiger charge is 2.27. The van der Waals surface area contributed by atoms with Crippen molar-refractivity contribution in [2.45, 2.75) is 13.0 Å². The fourth-order valence-corrected chi connectivity index (χ4v) is 3.23. The van der Waals surface area contributed by atoms with Gasteiger partial charge in [0.05, 0.1) is 24.0 Å². The lowest BCUT2D eigenvalue weighted by atomic mass is 10.1. The van der Waals surface area contributed by atoms with E-state index >= 15 is 0 Å². The summed E-state index contributed by atoms with van der Waals surface area (Å²) in [6.07, 6.45) is 1.89. The second-order valence-corrected chi connectivity index (χ2v) is 6.47. The first-order chi connectivity index (χ1) is 12.7. The summed E-state index contributed by atoms with van der Waals surface area (Å²) in [5.74, 6) is 0.00110. The van der Waals surface area contributed by atoms with Crippen LogP contribution in [-0.4, -0.2) is 46.4 Å². The van der Waals surface area contributed by atoms with Gasteiger partial charge in [0.2, 0.25) is 0 Å². The molecule has 1 atom stereocenters. The Kier molecular flexibility index (Phi) is 4.54. The Morgan fingerprint density at radius 1 is 1.08 bits per heavy atom. The molecule has 1 amide bonds. The number of carbonyl (C=O) groups is 1. The van der Waals surface area contributed by atoms with E-state index in [0.717, 1.165) is 11.3 Å². The summed E-state index contributed by atoms with van der Waals surface area (Å²) >= 11 is 0. The number of ether oxygens (including phenoxy) is 1. The molecule has 1 aliphatic heterocycles. The molecule has 0 aliphatic carbocycles. The lowest BCUT2D eigenvalue weighted by molar-refractivity contribution is -0.0123. The Labute approximate surface area is 152 Å². The van der Waals surface area contributed by atoms with Gasteiger partial charge in [0, 0.05) is 24.8 Å². The number of nitrogens with zero attached hydrogens (tertiary/aromatic N) is 3. The molecule has 5 nitrogen and oxygen atoms in total. The summed E-state index contributed by atoms with van der Waals surface area (Å²) in [4.78, 5) is 15.1. The summed E-state index contributed by atoms with van der Waals surface area (Å²) < 4.78 is 7.35. The first kappa shape index (κ1) is 16.5. The Bertz CT molecular complexity index is 890. The fourth-order valence-electron chi connectivity index (χ4n) is 3.23.